The highest BCUT2D eigenvalue weighted by molar-refractivity contribution is 5.86. The molecule has 0 amide bonds. The highest BCUT2D eigenvalue weighted by Gasteiger charge is 2.05. The summed E-state index contributed by atoms with van der Waals surface area (Å²) in [5.74, 6) is 0.947. The van der Waals surface area contributed by atoms with Crippen molar-refractivity contribution < 1.29 is 0 Å². The Morgan fingerprint density at radius 2 is 2.21 bits per heavy atom. The minimum atomic E-state index is 0.726. The zero-order chi connectivity index (χ0) is 10.1. The molecule has 0 saturated heterocycles. The van der Waals surface area contributed by atoms with Gasteiger partial charge in [-0.05, 0) is 26.2 Å². The molecule has 1 aromatic carbocycles. The molecule has 14 heavy (non-hydrogen) atoms. The third-order valence-corrected chi connectivity index (χ3v) is 2.06. The molecule has 2 aromatic rings. The standard InChI is InChI=1S/C10H14N4/c1-14(2)6-9-12-8-5-3-4-7(11)10(8)13-9/h3-5H,6,11H2,1-2H3,(H,12,13). The van der Waals surface area contributed by atoms with E-state index < -0.39 is 0 Å². The molecule has 4 nitrogen and oxygen atoms in total. The second-order valence-corrected chi connectivity index (χ2v) is 3.66. The van der Waals surface area contributed by atoms with Crippen LogP contribution in [-0.4, -0.2) is 29.0 Å². The summed E-state index contributed by atoms with van der Waals surface area (Å²) < 4.78 is 0. The summed E-state index contributed by atoms with van der Waals surface area (Å²) in [6, 6.07) is 5.77. The maximum absolute atomic E-state index is 5.80. The molecule has 0 fully saturated rings. The number of aromatic amines is 1. The predicted octanol–water partition coefficient (Wildman–Crippen LogP) is 1.21. The molecule has 3 N–H and O–H groups in total. The van der Waals surface area contributed by atoms with Gasteiger partial charge in [0.25, 0.3) is 0 Å². The fourth-order valence-electron chi connectivity index (χ4n) is 1.48. The maximum atomic E-state index is 5.80. The summed E-state index contributed by atoms with van der Waals surface area (Å²) in [6.45, 7) is 0.800. The Labute approximate surface area is 82.7 Å². The van der Waals surface area contributed by atoms with E-state index in [9.17, 15) is 0 Å². The van der Waals surface area contributed by atoms with Crippen molar-refractivity contribution >= 4 is 16.7 Å². The Bertz CT molecular complexity index is 444. The lowest BCUT2D eigenvalue weighted by Gasteiger charge is -2.04. The average Bonchev–Trinajstić information content (AvgIpc) is 2.47. The summed E-state index contributed by atoms with van der Waals surface area (Å²) in [4.78, 5) is 9.73. The number of rotatable bonds is 2. The van der Waals surface area contributed by atoms with Gasteiger partial charge < -0.3 is 15.6 Å². The van der Waals surface area contributed by atoms with Crippen molar-refractivity contribution in [1.82, 2.24) is 14.9 Å². The number of para-hydroxylation sites is 1. The minimum Gasteiger partial charge on any atom is -0.397 e. The molecule has 0 radical (unpaired) electrons. The van der Waals surface area contributed by atoms with Gasteiger partial charge in [-0.2, -0.15) is 0 Å². The van der Waals surface area contributed by atoms with Gasteiger partial charge >= 0.3 is 0 Å². The molecule has 0 unspecified atom stereocenters. The number of aromatic nitrogens is 2. The van der Waals surface area contributed by atoms with E-state index in [-0.39, 0.29) is 0 Å². The van der Waals surface area contributed by atoms with E-state index in [1.54, 1.807) is 0 Å². The number of hydrogen-bond donors (Lipinski definition) is 2. The topological polar surface area (TPSA) is 57.9 Å². The van der Waals surface area contributed by atoms with Crippen molar-refractivity contribution in [2.24, 2.45) is 0 Å². The van der Waals surface area contributed by atoms with Crippen molar-refractivity contribution in [3.8, 4) is 0 Å². The first-order valence-corrected chi connectivity index (χ1v) is 4.54. The third kappa shape index (κ3) is 1.56. The second kappa shape index (κ2) is 3.31. The number of nitrogens with zero attached hydrogens (tertiary/aromatic N) is 2. The average molecular weight is 190 g/mol. The first kappa shape index (κ1) is 9.02. The molecular formula is C10H14N4. The van der Waals surface area contributed by atoms with Crippen LogP contribution in [0.1, 0.15) is 5.82 Å². The molecule has 0 aliphatic rings. The number of nitrogen functional groups attached to an aromatic ring is 1. The number of anilines is 1. The predicted molar refractivity (Wildman–Crippen MR) is 57.9 cm³/mol. The summed E-state index contributed by atoms with van der Waals surface area (Å²) in [5, 5.41) is 0. The minimum absolute atomic E-state index is 0.726. The van der Waals surface area contributed by atoms with Gasteiger partial charge in [0.05, 0.1) is 17.7 Å². The summed E-state index contributed by atoms with van der Waals surface area (Å²) in [5.41, 5.74) is 8.40. The quantitative estimate of drug-likeness (QED) is 0.700. The lowest BCUT2D eigenvalue weighted by molar-refractivity contribution is 0.392. The highest BCUT2D eigenvalue weighted by atomic mass is 15.1. The Kier molecular flexibility index (Phi) is 2.13. The van der Waals surface area contributed by atoms with Gasteiger partial charge in [-0.3, -0.25) is 0 Å². The lowest BCUT2D eigenvalue weighted by atomic mass is 10.3. The van der Waals surface area contributed by atoms with Crippen LogP contribution in [0.5, 0.6) is 0 Å². The Morgan fingerprint density at radius 3 is 2.86 bits per heavy atom. The molecule has 1 aromatic heterocycles. The van der Waals surface area contributed by atoms with Gasteiger partial charge in [-0.15, -0.1) is 0 Å². The van der Waals surface area contributed by atoms with E-state index in [0.29, 0.717) is 0 Å². The van der Waals surface area contributed by atoms with Crippen LogP contribution in [-0.2, 0) is 6.54 Å². The van der Waals surface area contributed by atoms with Crippen molar-refractivity contribution in [3.63, 3.8) is 0 Å². The largest absolute Gasteiger partial charge is 0.397 e. The molecule has 0 bridgehead atoms. The molecule has 0 saturated carbocycles. The van der Waals surface area contributed by atoms with Crippen LogP contribution in [0.2, 0.25) is 0 Å². The molecule has 0 atom stereocenters. The number of fused-ring (bicyclic) bond motifs is 1. The first-order chi connectivity index (χ1) is 6.66. The van der Waals surface area contributed by atoms with E-state index in [4.69, 9.17) is 5.73 Å². The normalized spacial score (nSPS) is 11.4. The van der Waals surface area contributed by atoms with Gasteiger partial charge in [0.2, 0.25) is 0 Å². The summed E-state index contributed by atoms with van der Waals surface area (Å²) in [7, 11) is 4.02. The number of benzene rings is 1. The lowest BCUT2D eigenvalue weighted by Crippen LogP contribution is -2.11. The van der Waals surface area contributed by atoms with Crippen LogP contribution in [0.4, 0.5) is 5.69 Å². The Balaban J connectivity index is 2.46. The number of nitrogens with two attached hydrogens (primary N) is 1. The number of hydrogen-bond acceptors (Lipinski definition) is 3. The summed E-state index contributed by atoms with van der Waals surface area (Å²) in [6.07, 6.45) is 0. The van der Waals surface area contributed by atoms with E-state index in [2.05, 4.69) is 14.9 Å². The number of nitrogens with one attached hydrogen (secondary N) is 1. The maximum Gasteiger partial charge on any atom is 0.121 e. The third-order valence-electron chi connectivity index (χ3n) is 2.06. The monoisotopic (exact) mass is 190 g/mol. The molecule has 0 aliphatic carbocycles. The number of imidazole rings is 1. The zero-order valence-electron chi connectivity index (χ0n) is 8.41. The fourth-order valence-corrected chi connectivity index (χ4v) is 1.48. The van der Waals surface area contributed by atoms with E-state index in [1.807, 2.05) is 32.3 Å². The molecule has 0 aliphatic heterocycles. The van der Waals surface area contributed by atoms with E-state index in [1.165, 1.54) is 0 Å². The van der Waals surface area contributed by atoms with Gasteiger partial charge in [-0.25, -0.2) is 4.98 Å². The molecule has 1 heterocycles. The molecule has 0 spiro atoms. The Hall–Kier alpha value is -1.55. The molecule has 4 heteroatoms. The van der Waals surface area contributed by atoms with Crippen LogP contribution >= 0.6 is 0 Å². The molecular weight excluding hydrogens is 176 g/mol. The van der Waals surface area contributed by atoms with Crippen LogP contribution in [0, 0.1) is 0 Å². The van der Waals surface area contributed by atoms with Crippen molar-refractivity contribution in [2.75, 3.05) is 19.8 Å². The Morgan fingerprint density at radius 1 is 1.43 bits per heavy atom. The van der Waals surface area contributed by atoms with Crippen molar-refractivity contribution in [3.05, 3.63) is 24.0 Å². The van der Waals surface area contributed by atoms with Crippen molar-refractivity contribution in [2.45, 2.75) is 6.54 Å². The van der Waals surface area contributed by atoms with E-state index >= 15 is 0 Å². The SMILES string of the molecule is CN(C)Cc1nc2c(N)cccc2[nH]1. The number of H-pyrrole nitrogens is 1. The van der Waals surface area contributed by atoms with Crippen LogP contribution in [0.25, 0.3) is 11.0 Å². The van der Waals surface area contributed by atoms with Crippen LogP contribution in [0.15, 0.2) is 18.2 Å². The van der Waals surface area contributed by atoms with Crippen LogP contribution in [0.3, 0.4) is 0 Å². The van der Waals surface area contributed by atoms with Crippen LogP contribution < -0.4 is 5.73 Å². The highest BCUT2D eigenvalue weighted by Crippen LogP contribution is 2.18. The van der Waals surface area contributed by atoms with Gasteiger partial charge in [0, 0.05) is 0 Å². The van der Waals surface area contributed by atoms with Crippen molar-refractivity contribution in [1.29, 1.82) is 0 Å². The molecule has 2 rings (SSSR count). The van der Waals surface area contributed by atoms with Gasteiger partial charge in [-0.1, -0.05) is 6.07 Å². The van der Waals surface area contributed by atoms with Gasteiger partial charge in [0.15, 0.2) is 0 Å². The fraction of sp³-hybridized carbons (Fsp3) is 0.300. The zero-order valence-corrected chi connectivity index (χ0v) is 8.41. The second-order valence-electron chi connectivity index (χ2n) is 3.66. The molecule has 74 valence electrons. The van der Waals surface area contributed by atoms with Gasteiger partial charge in [0.1, 0.15) is 11.3 Å². The summed E-state index contributed by atoms with van der Waals surface area (Å²) >= 11 is 0. The smallest absolute Gasteiger partial charge is 0.121 e. The first-order valence-electron chi connectivity index (χ1n) is 4.54. The van der Waals surface area contributed by atoms with E-state index in [0.717, 1.165) is 29.1 Å².